The van der Waals surface area contributed by atoms with Gasteiger partial charge in [0.25, 0.3) is 0 Å². The van der Waals surface area contributed by atoms with Crippen LogP contribution in [0.1, 0.15) is 11.3 Å². The van der Waals surface area contributed by atoms with E-state index >= 15 is 0 Å². The van der Waals surface area contributed by atoms with Crippen molar-refractivity contribution >= 4 is 27.9 Å². The van der Waals surface area contributed by atoms with Crippen LogP contribution in [0.15, 0.2) is 42.0 Å². The van der Waals surface area contributed by atoms with Crippen molar-refractivity contribution in [3.8, 4) is 0 Å². The van der Waals surface area contributed by atoms with E-state index in [0.717, 1.165) is 28.5 Å². The first-order valence-corrected chi connectivity index (χ1v) is 7.84. The van der Waals surface area contributed by atoms with Crippen molar-refractivity contribution in [2.45, 2.75) is 18.9 Å². The van der Waals surface area contributed by atoms with Crippen LogP contribution in [-0.4, -0.2) is 22.5 Å². The molecule has 0 radical (unpaired) electrons. The van der Waals surface area contributed by atoms with Crippen molar-refractivity contribution in [3.05, 3.63) is 58.3 Å². The molecule has 3 nitrogen and oxygen atoms in total. The van der Waals surface area contributed by atoms with Crippen LogP contribution in [0.2, 0.25) is 5.02 Å². The van der Waals surface area contributed by atoms with Gasteiger partial charge in [0.2, 0.25) is 0 Å². The first-order valence-electron chi connectivity index (χ1n) is 6.58. The monoisotopic (exact) mass is 305 g/mol. The number of imidazole rings is 1. The highest BCUT2D eigenvalue weighted by molar-refractivity contribution is 7.15. The molecule has 1 atom stereocenters. The molecule has 3 aromatic rings. The summed E-state index contributed by atoms with van der Waals surface area (Å²) in [5, 5.41) is 6.24. The van der Waals surface area contributed by atoms with E-state index in [-0.39, 0.29) is 0 Å². The number of aromatic nitrogens is 2. The zero-order valence-electron chi connectivity index (χ0n) is 11.2. The van der Waals surface area contributed by atoms with Crippen LogP contribution >= 0.6 is 22.9 Å². The van der Waals surface area contributed by atoms with Crippen molar-refractivity contribution < 1.29 is 0 Å². The third kappa shape index (κ3) is 2.87. The molecule has 0 aliphatic rings. The summed E-state index contributed by atoms with van der Waals surface area (Å²) in [7, 11) is 1.99. The average Bonchev–Trinajstić information content (AvgIpc) is 3.01. The van der Waals surface area contributed by atoms with Crippen LogP contribution < -0.4 is 5.32 Å². The van der Waals surface area contributed by atoms with Crippen molar-refractivity contribution in [1.29, 1.82) is 0 Å². The maximum Gasteiger partial charge on any atom is 0.193 e. The Morgan fingerprint density at radius 2 is 2.20 bits per heavy atom. The van der Waals surface area contributed by atoms with E-state index in [4.69, 9.17) is 11.6 Å². The summed E-state index contributed by atoms with van der Waals surface area (Å²) in [5.74, 6) is 0. The molecule has 2 aromatic heterocycles. The van der Waals surface area contributed by atoms with Crippen LogP contribution in [0.25, 0.3) is 4.96 Å². The molecule has 0 aliphatic carbocycles. The quantitative estimate of drug-likeness (QED) is 0.782. The van der Waals surface area contributed by atoms with E-state index in [1.54, 1.807) is 11.3 Å². The number of hydrogen-bond acceptors (Lipinski definition) is 3. The van der Waals surface area contributed by atoms with Gasteiger partial charge in [0.1, 0.15) is 0 Å². The van der Waals surface area contributed by atoms with Gasteiger partial charge in [0.05, 0.1) is 5.69 Å². The molecule has 0 spiro atoms. The molecular formula is C15H16ClN3S. The number of thiazole rings is 1. The van der Waals surface area contributed by atoms with Gasteiger partial charge in [-0.15, -0.1) is 11.3 Å². The number of benzene rings is 1. The minimum Gasteiger partial charge on any atom is -0.316 e. The average molecular weight is 306 g/mol. The number of fused-ring (bicyclic) bond motifs is 1. The van der Waals surface area contributed by atoms with Gasteiger partial charge in [-0.3, -0.25) is 4.40 Å². The predicted molar refractivity (Wildman–Crippen MR) is 84.8 cm³/mol. The third-order valence-electron chi connectivity index (χ3n) is 3.43. The summed E-state index contributed by atoms with van der Waals surface area (Å²) in [6.45, 7) is 0. The largest absolute Gasteiger partial charge is 0.316 e. The summed E-state index contributed by atoms with van der Waals surface area (Å²) in [6.07, 6.45) is 5.94. The van der Waals surface area contributed by atoms with Gasteiger partial charge >= 0.3 is 0 Å². The van der Waals surface area contributed by atoms with Crippen LogP contribution in [0, 0.1) is 0 Å². The van der Waals surface area contributed by atoms with Gasteiger partial charge < -0.3 is 5.32 Å². The van der Waals surface area contributed by atoms with Gasteiger partial charge in [-0.05, 0) is 25.1 Å². The van der Waals surface area contributed by atoms with Crippen LogP contribution in [0.5, 0.6) is 0 Å². The number of hydrogen-bond donors (Lipinski definition) is 1. The molecule has 3 rings (SSSR count). The summed E-state index contributed by atoms with van der Waals surface area (Å²) >= 11 is 7.89. The lowest BCUT2D eigenvalue weighted by atomic mass is 10.0. The van der Waals surface area contributed by atoms with Crippen molar-refractivity contribution in [1.82, 2.24) is 14.7 Å². The molecular weight excluding hydrogens is 290 g/mol. The summed E-state index contributed by atoms with van der Waals surface area (Å²) in [4.78, 5) is 5.68. The highest BCUT2D eigenvalue weighted by Crippen LogP contribution is 2.18. The van der Waals surface area contributed by atoms with Crippen LogP contribution in [0.3, 0.4) is 0 Å². The Labute approximate surface area is 127 Å². The van der Waals surface area contributed by atoms with E-state index in [2.05, 4.69) is 27.0 Å². The Bertz CT molecular complexity index is 675. The molecule has 0 amide bonds. The van der Waals surface area contributed by atoms with Crippen molar-refractivity contribution in [2.75, 3.05) is 7.05 Å². The second-order valence-electron chi connectivity index (χ2n) is 4.81. The SMILES string of the molecule is CNC(Cc1cn2ccsc2n1)Cc1ccccc1Cl. The Morgan fingerprint density at radius 1 is 1.35 bits per heavy atom. The molecule has 0 fully saturated rings. The van der Waals surface area contributed by atoms with Gasteiger partial charge in [0, 0.05) is 35.3 Å². The molecule has 0 bridgehead atoms. The third-order valence-corrected chi connectivity index (χ3v) is 4.57. The second kappa shape index (κ2) is 5.95. The summed E-state index contributed by atoms with van der Waals surface area (Å²) in [6, 6.07) is 8.35. The lowest BCUT2D eigenvalue weighted by Gasteiger charge is -2.15. The maximum absolute atomic E-state index is 6.23. The van der Waals surface area contributed by atoms with E-state index in [1.165, 1.54) is 5.56 Å². The fourth-order valence-corrected chi connectivity index (χ4v) is 3.26. The maximum atomic E-state index is 6.23. The topological polar surface area (TPSA) is 29.3 Å². The van der Waals surface area contributed by atoms with Gasteiger partial charge in [-0.25, -0.2) is 4.98 Å². The molecule has 0 aliphatic heterocycles. The number of rotatable bonds is 5. The van der Waals surface area contributed by atoms with E-state index < -0.39 is 0 Å². The molecule has 1 unspecified atom stereocenters. The molecule has 1 aromatic carbocycles. The number of nitrogens with one attached hydrogen (secondary N) is 1. The van der Waals surface area contributed by atoms with Crippen LogP contribution in [-0.2, 0) is 12.8 Å². The minimum atomic E-state index is 0.333. The van der Waals surface area contributed by atoms with E-state index in [1.807, 2.05) is 36.8 Å². The summed E-state index contributed by atoms with van der Waals surface area (Å²) in [5.41, 5.74) is 2.29. The fourth-order valence-electron chi connectivity index (χ4n) is 2.33. The molecule has 20 heavy (non-hydrogen) atoms. The highest BCUT2D eigenvalue weighted by Gasteiger charge is 2.13. The normalized spacial score (nSPS) is 12.9. The standard InChI is InChI=1S/C15H16ClN3S/c1-17-12(8-11-4-2-3-5-14(11)16)9-13-10-19-6-7-20-15(19)18-13/h2-7,10,12,17H,8-9H2,1H3. The highest BCUT2D eigenvalue weighted by atomic mass is 35.5. The fraction of sp³-hybridized carbons (Fsp3) is 0.267. The Hall–Kier alpha value is -1.36. The van der Waals surface area contributed by atoms with Gasteiger partial charge in [-0.1, -0.05) is 29.8 Å². The van der Waals surface area contributed by atoms with Crippen LogP contribution in [0.4, 0.5) is 0 Å². The lowest BCUT2D eigenvalue weighted by Crippen LogP contribution is -2.30. The molecule has 2 heterocycles. The minimum absolute atomic E-state index is 0.333. The molecule has 0 saturated heterocycles. The zero-order valence-corrected chi connectivity index (χ0v) is 12.8. The number of nitrogens with zero attached hydrogens (tertiary/aromatic N) is 2. The van der Waals surface area contributed by atoms with Crippen molar-refractivity contribution in [3.63, 3.8) is 0 Å². The molecule has 104 valence electrons. The zero-order chi connectivity index (χ0) is 13.9. The first-order chi connectivity index (χ1) is 9.76. The summed E-state index contributed by atoms with van der Waals surface area (Å²) < 4.78 is 2.07. The second-order valence-corrected chi connectivity index (χ2v) is 6.09. The Kier molecular flexibility index (Phi) is 4.05. The number of halogens is 1. The lowest BCUT2D eigenvalue weighted by molar-refractivity contribution is 0.551. The van der Waals surface area contributed by atoms with E-state index in [0.29, 0.717) is 6.04 Å². The number of likely N-dealkylation sites (N-methyl/N-ethyl adjacent to an activating group) is 1. The van der Waals surface area contributed by atoms with Gasteiger partial charge in [0.15, 0.2) is 4.96 Å². The van der Waals surface area contributed by atoms with E-state index in [9.17, 15) is 0 Å². The molecule has 1 N–H and O–H groups in total. The molecule has 0 saturated carbocycles. The first kappa shape index (κ1) is 13.6. The van der Waals surface area contributed by atoms with Gasteiger partial charge in [-0.2, -0.15) is 0 Å². The predicted octanol–water partition coefficient (Wildman–Crippen LogP) is 3.42. The molecule has 5 heteroatoms. The Morgan fingerprint density at radius 3 is 2.95 bits per heavy atom. The Balaban J connectivity index is 1.74. The smallest absolute Gasteiger partial charge is 0.193 e. The van der Waals surface area contributed by atoms with Crippen molar-refractivity contribution in [2.24, 2.45) is 0 Å².